The molecule has 0 saturated heterocycles. The van der Waals surface area contributed by atoms with Crippen LogP contribution in [0, 0.1) is 0 Å². The number of carbonyl (C=O) groups excluding carboxylic acids is 1. The molecule has 5 nitrogen and oxygen atoms in total. The van der Waals surface area contributed by atoms with Crippen LogP contribution in [0.25, 0.3) is 30.9 Å². The normalized spacial score (nSPS) is 10.4. The fraction of sp³-hybridized carbons (Fsp3) is 0.118. The van der Waals surface area contributed by atoms with Gasteiger partial charge in [0.1, 0.15) is 16.0 Å². The number of anilines is 1. The number of nitrogens with zero attached hydrogens (tertiary/aromatic N) is 2. The molecule has 3 heterocycles. The molecular formula is C17H16N3O2S2+. The Bertz CT molecular complexity index is 975. The SMILES string of the molecule is CC=O.CNc1sc2c[n+](O)ccc2c1-c1nc2ccccc2s1. The molecule has 3 aromatic heterocycles. The quantitative estimate of drug-likeness (QED) is 0.323. The lowest BCUT2D eigenvalue weighted by Crippen LogP contribution is -2.27. The lowest BCUT2D eigenvalue weighted by molar-refractivity contribution is -0.903. The van der Waals surface area contributed by atoms with Crippen molar-refractivity contribution in [2.45, 2.75) is 6.92 Å². The molecule has 0 fully saturated rings. The zero-order valence-electron chi connectivity index (χ0n) is 13.2. The van der Waals surface area contributed by atoms with E-state index < -0.39 is 0 Å². The smallest absolute Gasteiger partial charge is 0.240 e. The van der Waals surface area contributed by atoms with Crippen LogP contribution in [0.2, 0.25) is 0 Å². The van der Waals surface area contributed by atoms with Crippen LogP contribution in [-0.4, -0.2) is 23.5 Å². The third-order valence-electron chi connectivity index (χ3n) is 3.35. The highest BCUT2D eigenvalue weighted by Gasteiger charge is 2.19. The first-order valence-electron chi connectivity index (χ1n) is 7.28. The van der Waals surface area contributed by atoms with Crippen LogP contribution in [0.4, 0.5) is 5.00 Å². The van der Waals surface area contributed by atoms with Gasteiger partial charge in [0.05, 0.1) is 20.8 Å². The summed E-state index contributed by atoms with van der Waals surface area (Å²) >= 11 is 3.31. The van der Waals surface area contributed by atoms with Gasteiger partial charge in [-0.15, -0.1) is 22.7 Å². The molecule has 2 N–H and O–H groups in total. The monoisotopic (exact) mass is 358 g/mol. The summed E-state index contributed by atoms with van der Waals surface area (Å²) in [5.74, 6) is 0. The average Bonchev–Trinajstić information content (AvgIpc) is 3.15. The van der Waals surface area contributed by atoms with Gasteiger partial charge in [-0.2, -0.15) is 0 Å². The average molecular weight is 358 g/mol. The summed E-state index contributed by atoms with van der Waals surface area (Å²) in [5.41, 5.74) is 2.13. The summed E-state index contributed by atoms with van der Waals surface area (Å²) in [5, 5.41) is 16.0. The van der Waals surface area contributed by atoms with E-state index >= 15 is 0 Å². The van der Waals surface area contributed by atoms with Gasteiger partial charge in [0.25, 0.3) is 0 Å². The second-order valence-corrected chi connectivity index (χ2v) is 6.96. The molecule has 4 rings (SSSR count). The first kappa shape index (κ1) is 16.4. The number of para-hydroxylation sites is 1. The van der Waals surface area contributed by atoms with Crippen LogP contribution in [0.15, 0.2) is 42.7 Å². The molecule has 122 valence electrons. The van der Waals surface area contributed by atoms with Gasteiger partial charge in [0, 0.05) is 23.2 Å². The van der Waals surface area contributed by atoms with Gasteiger partial charge in [-0.3, -0.25) is 5.21 Å². The summed E-state index contributed by atoms with van der Waals surface area (Å²) in [7, 11) is 1.91. The van der Waals surface area contributed by atoms with Crippen LogP contribution >= 0.6 is 22.7 Å². The van der Waals surface area contributed by atoms with E-state index in [1.54, 1.807) is 35.1 Å². The minimum absolute atomic E-state index is 0.750. The standard InChI is InChI=1S/C15H11N3OS2.C2H4O/c1-16-14-13(9-6-7-18(19)8-12(9)21-14)15-17-10-4-2-3-5-11(10)20-15;1-2-3/h2-8,19H,1H3;2H,1H3/p+1. The van der Waals surface area contributed by atoms with E-state index in [4.69, 9.17) is 9.78 Å². The highest BCUT2D eigenvalue weighted by molar-refractivity contribution is 7.25. The van der Waals surface area contributed by atoms with Gasteiger partial charge >= 0.3 is 0 Å². The molecule has 4 aromatic rings. The van der Waals surface area contributed by atoms with Crippen LogP contribution in [0.3, 0.4) is 0 Å². The van der Waals surface area contributed by atoms with Crippen molar-refractivity contribution >= 4 is 54.3 Å². The molecule has 24 heavy (non-hydrogen) atoms. The summed E-state index contributed by atoms with van der Waals surface area (Å²) in [6, 6.07) is 10.1. The number of rotatable bonds is 2. The Balaban J connectivity index is 0.000000526. The fourth-order valence-corrected chi connectivity index (χ4v) is 4.57. The van der Waals surface area contributed by atoms with E-state index in [0.717, 1.165) is 42.2 Å². The number of aromatic nitrogens is 2. The minimum atomic E-state index is 0.750. The van der Waals surface area contributed by atoms with Crippen molar-refractivity contribution in [1.82, 2.24) is 4.98 Å². The van der Waals surface area contributed by atoms with E-state index in [2.05, 4.69) is 11.4 Å². The second-order valence-electron chi connectivity index (χ2n) is 4.88. The maximum absolute atomic E-state index is 9.58. The zero-order chi connectivity index (χ0) is 17.1. The number of hydrogen-bond donors (Lipinski definition) is 2. The van der Waals surface area contributed by atoms with E-state index in [-0.39, 0.29) is 0 Å². The van der Waals surface area contributed by atoms with Gasteiger partial charge in [0.2, 0.25) is 12.4 Å². The molecule has 0 amide bonds. The third kappa shape index (κ3) is 2.95. The number of hydrogen-bond acceptors (Lipinski definition) is 6. The Labute approximate surface area is 146 Å². The first-order chi connectivity index (χ1) is 11.7. The Morgan fingerprint density at radius 1 is 1.21 bits per heavy atom. The summed E-state index contributed by atoms with van der Waals surface area (Å²) in [6.07, 6.45) is 4.11. The molecule has 0 atom stereocenters. The molecule has 0 aliphatic heterocycles. The molecule has 0 spiro atoms. The van der Waals surface area contributed by atoms with Crippen LogP contribution < -0.4 is 10.0 Å². The maximum Gasteiger partial charge on any atom is 0.240 e. The van der Waals surface area contributed by atoms with Crippen molar-refractivity contribution < 1.29 is 14.7 Å². The van der Waals surface area contributed by atoms with E-state index in [1.807, 2.05) is 31.3 Å². The van der Waals surface area contributed by atoms with E-state index in [0.29, 0.717) is 0 Å². The molecule has 0 unspecified atom stereocenters. The molecule has 0 bridgehead atoms. The molecule has 0 aliphatic rings. The lowest BCUT2D eigenvalue weighted by atomic mass is 10.2. The number of aldehydes is 1. The predicted molar refractivity (Wildman–Crippen MR) is 99.1 cm³/mol. The Morgan fingerprint density at radius 2 is 1.96 bits per heavy atom. The van der Waals surface area contributed by atoms with Gasteiger partial charge in [-0.05, 0) is 19.1 Å². The van der Waals surface area contributed by atoms with Gasteiger partial charge in [-0.25, -0.2) is 4.98 Å². The predicted octanol–water partition coefficient (Wildman–Crippen LogP) is 3.95. The second kappa shape index (κ2) is 6.94. The van der Waals surface area contributed by atoms with Gasteiger partial charge in [-0.1, -0.05) is 12.1 Å². The van der Waals surface area contributed by atoms with Gasteiger partial charge in [0.15, 0.2) is 0 Å². The topological polar surface area (TPSA) is 66.1 Å². The largest absolute Gasteiger partial charge is 0.379 e. The number of fused-ring (bicyclic) bond motifs is 2. The van der Waals surface area contributed by atoms with Crippen molar-refractivity contribution in [1.29, 1.82) is 0 Å². The zero-order valence-corrected chi connectivity index (χ0v) is 14.8. The number of pyridine rings is 1. The van der Waals surface area contributed by atoms with Crippen molar-refractivity contribution in [2.24, 2.45) is 0 Å². The van der Waals surface area contributed by atoms with Crippen LogP contribution in [0.1, 0.15) is 6.92 Å². The number of nitrogens with one attached hydrogen (secondary N) is 1. The molecule has 0 radical (unpaired) electrons. The minimum Gasteiger partial charge on any atom is -0.379 e. The molecular weight excluding hydrogens is 342 g/mol. The van der Waals surface area contributed by atoms with Crippen LogP contribution in [-0.2, 0) is 4.79 Å². The third-order valence-corrected chi connectivity index (χ3v) is 5.56. The number of thiazole rings is 1. The summed E-state index contributed by atoms with van der Waals surface area (Å²) in [4.78, 5) is 13.6. The Hall–Kier alpha value is -2.51. The van der Waals surface area contributed by atoms with Crippen molar-refractivity contribution in [2.75, 3.05) is 12.4 Å². The Kier molecular flexibility index (Phi) is 4.73. The molecule has 1 aromatic carbocycles. The lowest BCUT2D eigenvalue weighted by Gasteiger charge is -1.99. The van der Waals surface area contributed by atoms with E-state index in [9.17, 15) is 5.21 Å². The summed E-state index contributed by atoms with van der Waals surface area (Å²) in [6.45, 7) is 1.44. The van der Waals surface area contributed by atoms with Crippen LogP contribution in [0.5, 0.6) is 0 Å². The van der Waals surface area contributed by atoms with Gasteiger partial charge < -0.3 is 10.1 Å². The van der Waals surface area contributed by atoms with E-state index in [1.165, 1.54) is 11.6 Å². The maximum atomic E-state index is 9.58. The highest BCUT2D eigenvalue weighted by atomic mass is 32.1. The first-order valence-corrected chi connectivity index (χ1v) is 8.91. The van der Waals surface area contributed by atoms with Crippen molar-refractivity contribution in [3.05, 3.63) is 42.7 Å². The number of carbonyl (C=O) groups is 1. The Morgan fingerprint density at radius 3 is 2.67 bits per heavy atom. The molecule has 7 heteroatoms. The number of thiophene rings is 1. The molecule has 0 aliphatic carbocycles. The summed E-state index contributed by atoms with van der Waals surface area (Å²) < 4.78 is 3.29. The van der Waals surface area contributed by atoms with Crippen molar-refractivity contribution in [3.63, 3.8) is 0 Å². The highest BCUT2D eigenvalue weighted by Crippen LogP contribution is 2.44. The van der Waals surface area contributed by atoms with Crippen molar-refractivity contribution in [3.8, 4) is 10.6 Å². The molecule has 0 saturated carbocycles. The fourth-order valence-electron chi connectivity index (χ4n) is 2.40. The number of benzene rings is 1.